The predicted octanol–water partition coefficient (Wildman–Crippen LogP) is 3.33. The van der Waals surface area contributed by atoms with E-state index in [1.54, 1.807) is 25.7 Å². The van der Waals surface area contributed by atoms with Crippen molar-refractivity contribution in [3.63, 3.8) is 0 Å². The van der Waals surface area contributed by atoms with Gasteiger partial charge < -0.3 is 14.4 Å². The summed E-state index contributed by atoms with van der Waals surface area (Å²) in [5, 5.41) is 10.9. The molecule has 1 unspecified atom stereocenters. The minimum atomic E-state index is -0.810. The van der Waals surface area contributed by atoms with Crippen LogP contribution in [0.2, 0.25) is 0 Å². The van der Waals surface area contributed by atoms with Crippen LogP contribution in [0.25, 0.3) is 0 Å². The van der Waals surface area contributed by atoms with Crippen molar-refractivity contribution in [2.45, 2.75) is 51.2 Å². The van der Waals surface area contributed by atoms with Gasteiger partial charge in [0, 0.05) is 18.7 Å². The number of nitro groups is 1. The summed E-state index contributed by atoms with van der Waals surface area (Å²) in [4.78, 5) is 36.9. The van der Waals surface area contributed by atoms with Crippen molar-refractivity contribution in [1.82, 2.24) is 4.90 Å². The van der Waals surface area contributed by atoms with E-state index in [9.17, 15) is 19.7 Å². The minimum absolute atomic E-state index is 0.0838. The van der Waals surface area contributed by atoms with Gasteiger partial charge in [-0.05, 0) is 39.7 Å². The lowest BCUT2D eigenvalue weighted by atomic mass is 9.83. The van der Waals surface area contributed by atoms with Crippen LogP contribution in [0.3, 0.4) is 0 Å². The highest BCUT2D eigenvalue weighted by Gasteiger charge is 2.45. The van der Waals surface area contributed by atoms with E-state index in [4.69, 9.17) is 9.47 Å². The van der Waals surface area contributed by atoms with Gasteiger partial charge in [-0.25, -0.2) is 4.79 Å². The standard InChI is InChI=1S/C18H22N2O6/c1-17(2,3)26-16(22)19-8-4-7-18(11-19)10-14(21)13-9-12(20(23)24)5-6-15(13)25-18/h5-6,9H,4,7-8,10-11H2,1-3H3. The van der Waals surface area contributed by atoms with E-state index in [-0.39, 0.29) is 30.0 Å². The molecule has 0 saturated carbocycles. The van der Waals surface area contributed by atoms with Crippen molar-refractivity contribution in [3.8, 4) is 5.75 Å². The third-order valence-corrected chi connectivity index (χ3v) is 4.47. The summed E-state index contributed by atoms with van der Waals surface area (Å²) in [6.45, 7) is 6.20. The van der Waals surface area contributed by atoms with Crippen LogP contribution in [-0.2, 0) is 4.74 Å². The molecule has 1 amide bonds. The molecule has 140 valence electrons. The van der Waals surface area contributed by atoms with Crippen LogP contribution in [0.1, 0.15) is 50.4 Å². The van der Waals surface area contributed by atoms with Gasteiger partial charge in [0.15, 0.2) is 5.78 Å². The first kappa shape index (κ1) is 18.2. The van der Waals surface area contributed by atoms with Crippen molar-refractivity contribution in [2.24, 2.45) is 0 Å². The Kier molecular flexibility index (Phi) is 4.37. The van der Waals surface area contributed by atoms with Gasteiger partial charge >= 0.3 is 6.09 Å². The van der Waals surface area contributed by atoms with Gasteiger partial charge in [0.2, 0.25) is 0 Å². The van der Waals surface area contributed by atoms with E-state index < -0.39 is 22.2 Å². The average Bonchev–Trinajstić information content (AvgIpc) is 2.52. The molecule has 26 heavy (non-hydrogen) atoms. The van der Waals surface area contributed by atoms with Gasteiger partial charge in [-0.1, -0.05) is 0 Å². The molecule has 8 nitrogen and oxygen atoms in total. The molecule has 2 aliphatic rings. The maximum absolute atomic E-state index is 12.6. The second-order valence-corrected chi connectivity index (χ2v) is 7.83. The number of fused-ring (bicyclic) bond motifs is 1. The molecule has 1 fully saturated rings. The zero-order valence-electron chi connectivity index (χ0n) is 15.1. The van der Waals surface area contributed by atoms with Crippen LogP contribution >= 0.6 is 0 Å². The van der Waals surface area contributed by atoms with Crippen molar-refractivity contribution < 1.29 is 24.0 Å². The number of rotatable bonds is 1. The van der Waals surface area contributed by atoms with Crippen LogP contribution in [0.4, 0.5) is 10.5 Å². The molecule has 3 rings (SSSR count). The number of piperidine rings is 1. The van der Waals surface area contributed by atoms with E-state index in [1.165, 1.54) is 18.2 Å². The molecule has 0 bridgehead atoms. The van der Waals surface area contributed by atoms with Crippen LogP contribution in [0, 0.1) is 10.1 Å². The smallest absolute Gasteiger partial charge is 0.410 e. The van der Waals surface area contributed by atoms with Crippen LogP contribution in [-0.4, -0.2) is 46.0 Å². The second-order valence-electron chi connectivity index (χ2n) is 7.83. The minimum Gasteiger partial charge on any atom is -0.484 e. The molecule has 0 radical (unpaired) electrons. The van der Waals surface area contributed by atoms with Crippen molar-refractivity contribution in [3.05, 3.63) is 33.9 Å². The van der Waals surface area contributed by atoms with E-state index in [2.05, 4.69) is 0 Å². The number of Topliss-reactive ketones (excluding diaryl/α,β-unsaturated/α-hetero) is 1. The first-order chi connectivity index (χ1) is 12.1. The number of likely N-dealkylation sites (tertiary alicyclic amines) is 1. The molecule has 1 aromatic carbocycles. The predicted molar refractivity (Wildman–Crippen MR) is 92.4 cm³/mol. The fourth-order valence-electron chi connectivity index (χ4n) is 3.40. The SMILES string of the molecule is CC(C)(C)OC(=O)N1CCCC2(CC(=O)c3cc([N+](=O)[O-])ccc3O2)C1. The zero-order valence-corrected chi connectivity index (χ0v) is 15.1. The van der Waals surface area contributed by atoms with Gasteiger partial charge in [0.05, 0.1) is 23.5 Å². The molecule has 0 aromatic heterocycles. The number of benzene rings is 1. The number of ether oxygens (including phenoxy) is 2. The van der Waals surface area contributed by atoms with Gasteiger partial charge in [-0.3, -0.25) is 14.9 Å². The quantitative estimate of drug-likeness (QED) is 0.561. The largest absolute Gasteiger partial charge is 0.484 e. The number of carbonyl (C=O) groups is 2. The Hall–Kier alpha value is -2.64. The number of ketones is 1. The number of hydrogen-bond acceptors (Lipinski definition) is 6. The highest BCUT2D eigenvalue weighted by molar-refractivity contribution is 6.01. The molecule has 1 aromatic rings. The summed E-state index contributed by atoms with van der Waals surface area (Å²) in [5.41, 5.74) is -1.33. The van der Waals surface area contributed by atoms with Gasteiger partial charge in [0.1, 0.15) is 17.0 Å². The Morgan fingerprint density at radius 1 is 1.38 bits per heavy atom. The summed E-state index contributed by atoms with van der Waals surface area (Å²) < 4.78 is 11.5. The van der Waals surface area contributed by atoms with Crippen LogP contribution in [0.15, 0.2) is 18.2 Å². The first-order valence-electron chi connectivity index (χ1n) is 8.57. The topological polar surface area (TPSA) is 99.0 Å². The van der Waals surface area contributed by atoms with E-state index in [0.29, 0.717) is 25.1 Å². The Morgan fingerprint density at radius 2 is 2.12 bits per heavy atom. The summed E-state index contributed by atoms with van der Waals surface area (Å²) in [5.74, 6) is 0.124. The number of nitrogens with zero attached hydrogens (tertiary/aromatic N) is 2. The number of non-ortho nitro benzene ring substituents is 1. The average molecular weight is 362 g/mol. The maximum atomic E-state index is 12.6. The summed E-state index contributed by atoms with van der Waals surface area (Å²) in [6, 6.07) is 4.03. The molecule has 1 spiro atoms. The highest BCUT2D eigenvalue weighted by Crippen LogP contribution is 2.39. The molecule has 8 heteroatoms. The fourth-order valence-corrected chi connectivity index (χ4v) is 3.40. The lowest BCUT2D eigenvalue weighted by Gasteiger charge is -2.44. The third-order valence-electron chi connectivity index (χ3n) is 4.47. The Bertz CT molecular complexity index is 769. The normalized spacial score (nSPS) is 22.6. The second kappa shape index (κ2) is 6.26. The highest BCUT2D eigenvalue weighted by atomic mass is 16.6. The van der Waals surface area contributed by atoms with Crippen molar-refractivity contribution in [2.75, 3.05) is 13.1 Å². The van der Waals surface area contributed by atoms with E-state index in [1.807, 2.05) is 0 Å². The zero-order chi connectivity index (χ0) is 19.1. The van der Waals surface area contributed by atoms with Gasteiger partial charge in [0.25, 0.3) is 5.69 Å². The lowest BCUT2D eigenvalue weighted by Crippen LogP contribution is -2.56. The Morgan fingerprint density at radius 3 is 2.77 bits per heavy atom. The Balaban J connectivity index is 1.82. The van der Waals surface area contributed by atoms with E-state index >= 15 is 0 Å². The number of nitro benzene ring substituents is 1. The third kappa shape index (κ3) is 3.63. The Labute approximate surface area is 151 Å². The molecule has 1 atom stereocenters. The first-order valence-corrected chi connectivity index (χ1v) is 8.57. The summed E-state index contributed by atoms with van der Waals surface area (Å²) in [6.07, 6.45) is 0.978. The van der Waals surface area contributed by atoms with Gasteiger partial charge in [-0.15, -0.1) is 0 Å². The molecule has 2 aliphatic heterocycles. The van der Waals surface area contributed by atoms with Crippen molar-refractivity contribution in [1.29, 1.82) is 0 Å². The molecule has 1 saturated heterocycles. The maximum Gasteiger partial charge on any atom is 0.410 e. The monoisotopic (exact) mass is 362 g/mol. The van der Waals surface area contributed by atoms with Crippen LogP contribution in [0.5, 0.6) is 5.75 Å². The summed E-state index contributed by atoms with van der Waals surface area (Å²) >= 11 is 0. The summed E-state index contributed by atoms with van der Waals surface area (Å²) in [7, 11) is 0. The molecular formula is C18H22N2O6. The van der Waals surface area contributed by atoms with E-state index in [0.717, 1.165) is 0 Å². The van der Waals surface area contributed by atoms with Crippen molar-refractivity contribution >= 4 is 17.6 Å². The number of carbonyl (C=O) groups excluding carboxylic acids is 2. The molecule has 2 heterocycles. The van der Waals surface area contributed by atoms with Gasteiger partial charge in [-0.2, -0.15) is 0 Å². The molecule has 0 N–H and O–H groups in total. The number of amides is 1. The van der Waals surface area contributed by atoms with Crippen LogP contribution < -0.4 is 4.74 Å². The molecule has 0 aliphatic carbocycles. The lowest BCUT2D eigenvalue weighted by molar-refractivity contribution is -0.384. The molecular weight excluding hydrogens is 340 g/mol. The number of hydrogen-bond donors (Lipinski definition) is 0. The fraction of sp³-hybridized carbons (Fsp3) is 0.556.